The van der Waals surface area contributed by atoms with Crippen molar-refractivity contribution in [2.45, 2.75) is 19.8 Å². The number of hydrogen-bond donors (Lipinski definition) is 1. The summed E-state index contributed by atoms with van der Waals surface area (Å²) in [4.78, 5) is 24.3. The van der Waals surface area contributed by atoms with Gasteiger partial charge in [-0.15, -0.1) is 0 Å². The quantitative estimate of drug-likeness (QED) is 0.327. The van der Waals surface area contributed by atoms with Crippen molar-refractivity contribution in [3.8, 4) is 5.75 Å². The number of aliphatic hydroxyl groups excluding tert-OH is 1. The number of benzene rings is 2. The van der Waals surface area contributed by atoms with Crippen molar-refractivity contribution >= 4 is 16.9 Å². The van der Waals surface area contributed by atoms with Gasteiger partial charge < -0.3 is 19.0 Å². The molecule has 1 N–H and O–H groups in total. The van der Waals surface area contributed by atoms with Crippen molar-refractivity contribution in [1.29, 1.82) is 0 Å². The first kappa shape index (κ1) is 17.8. The number of halogens is 1. The lowest BCUT2D eigenvalue weighted by atomic mass is 10.1. The molecule has 0 amide bonds. The van der Waals surface area contributed by atoms with Gasteiger partial charge in [0.15, 0.2) is 6.29 Å². The van der Waals surface area contributed by atoms with Crippen LogP contribution in [0.1, 0.15) is 22.8 Å². The van der Waals surface area contributed by atoms with E-state index < -0.39 is 23.7 Å². The highest BCUT2D eigenvalue weighted by Crippen LogP contribution is 2.18. The van der Waals surface area contributed by atoms with Crippen LogP contribution in [-0.4, -0.2) is 17.4 Å². The molecule has 0 aliphatic carbocycles. The van der Waals surface area contributed by atoms with Gasteiger partial charge >= 0.3 is 11.6 Å². The van der Waals surface area contributed by atoms with E-state index in [1.54, 1.807) is 18.2 Å². The zero-order valence-corrected chi connectivity index (χ0v) is 13.8. The molecule has 1 heterocycles. The summed E-state index contributed by atoms with van der Waals surface area (Å²) in [5, 5.41) is 9.66. The monoisotopic (exact) mass is 358 g/mol. The Bertz CT molecular complexity index is 1010. The van der Waals surface area contributed by atoms with Crippen molar-refractivity contribution in [2.24, 2.45) is 0 Å². The number of rotatable bonds is 5. The van der Waals surface area contributed by atoms with E-state index in [9.17, 15) is 14.0 Å². The van der Waals surface area contributed by atoms with Gasteiger partial charge in [0.25, 0.3) is 0 Å². The Labute approximate surface area is 147 Å². The van der Waals surface area contributed by atoms with Crippen LogP contribution in [0, 0.1) is 5.82 Å². The summed E-state index contributed by atoms with van der Waals surface area (Å²) in [5.74, 6) is -1.53. The minimum atomic E-state index is -0.947. The predicted octanol–water partition coefficient (Wildman–Crippen LogP) is 3.01. The molecule has 1 atom stereocenters. The van der Waals surface area contributed by atoms with Crippen LogP contribution in [0.4, 0.5) is 4.39 Å². The van der Waals surface area contributed by atoms with Crippen LogP contribution in [0.5, 0.6) is 5.75 Å². The smallest absolute Gasteiger partial charge is 0.351 e. The standard InChI is InChI=1S/C19H15FO6/c1-11(21)24-10-12-5-6-17-13(7-12)8-16(19(23)26-17)18(22)25-15-4-2-3-14(20)9-15/h2-9,11,21H,10H2,1H3. The van der Waals surface area contributed by atoms with E-state index in [2.05, 4.69) is 0 Å². The van der Waals surface area contributed by atoms with E-state index in [0.717, 1.165) is 11.6 Å². The van der Waals surface area contributed by atoms with Crippen molar-refractivity contribution in [1.82, 2.24) is 0 Å². The fourth-order valence-corrected chi connectivity index (χ4v) is 2.31. The first-order chi connectivity index (χ1) is 12.4. The third-order valence-corrected chi connectivity index (χ3v) is 3.51. The van der Waals surface area contributed by atoms with Gasteiger partial charge in [-0.05, 0) is 42.8 Å². The molecular formula is C19H15FO6. The van der Waals surface area contributed by atoms with Crippen molar-refractivity contribution in [3.05, 3.63) is 75.9 Å². The zero-order valence-electron chi connectivity index (χ0n) is 13.8. The second-order valence-electron chi connectivity index (χ2n) is 5.58. The van der Waals surface area contributed by atoms with Gasteiger partial charge in [-0.25, -0.2) is 14.0 Å². The molecule has 3 rings (SSSR count). The Morgan fingerprint density at radius 1 is 1.23 bits per heavy atom. The molecule has 1 aromatic heterocycles. The molecule has 0 fully saturated rings. The summed E-state index contributed by atoms with van der Waals surface area (Å²) >= 11 is 0. The molecule has 7 heteroatoms. The van der Waals surface area contributed by atoms with Gasteiger partial charge in [-0.1, -0.05) is 12.1 Å². The molecule has 26 heavy (non-hydrogen) atoms. The number of hydrogen-bond acceptors (Lipinski definition) is 6. The summed E-state index contributed by atoms with van der Waals surface area (Å²) in [6.45, 7) is 1.64. The average molecular weight is 358 g/mol. The second-order valence-corrected chi connectivity index (χ2v) is 5.58. The molecule has 2 aromatic carbocycles. The van der Waals surface area contributed by atoms with E-state index in [1.807, 2.05) is 0 Å². The summed E-state index contributed by atoms with van der Waals surface area (Å²) in [7, 11) is 0. The lowest BCUT2D eigenvalue weighted by Crippen LogP contribution is -2.18. The molecule has 0 spiro atoms. The Hall–Kier alpha value is -3.03. The summed E-state index contributed by atoms with van der Waals surface area (Å²) in [6.07, 6.45) is -0.920. The minimum absolute atomic E-state index is 0.0198. The summed E-state index contributed by atoms with van der Waals surface area (Å²) < 4.78 is 28.4. The van der Waals surface area contributed by atoms with Crippen LogP contribution in [0.15, 0.2) is 57.7 Å². The van der Waals surface area contributed by atoms with Crippen LogP contribution in [0.3, 0.4) is 0 Å². The average Bonchev–Trinajstić information content (AvgIpc) is 2.59. The molecule has 0 aliphatic heterocycles. The molecule has 0 bridgehead atoms. The number of esters is 1. The Balaban J connectivity index is 1.90. The number of ether oxygens (including phenoxy) is 2. The van der Waals surface area contributed by atoms with Gasteiger partial charge in [-0.3, -0.25) is 0 Å². The van der Waals surface area contributed by atoms with Gasteiger partial charge in [0.05, 0.1) is 6.61 Å². The molecule has 0 saturated carbocycles. The lowest BCUT2D eigenvalue weighted by molar-refractivity contribution is -0.0939. The van der Waals surface area contributed by atoms with Crippen molar-refractivity contribution < 1.29 is 28.2 Å². The van der Waals surface area contributed by atoms with Gasteiger partial charge in [0.1, 0.15) is 22.7 Å². The fourth-order valence-electron chi connectivity index (χ4n) is 2.31. The van der Waals surface area contributed by atoms with E-state index in [0.29, 0.717) is 5.39 Å². The molecule has 0 radical (unpaired) electrons. The Kier molecular flexibility index (Phi) is 5.11. The zero-order chi connectivity index (χ0) is 18.7. The van der Waals surface area contributed by atoms with Crippen LogP contribution >= 0.6 is 0 Å². The first-order valence-electron chi connectivity index (χ1n) is 7.76. The highest BCUT2D eigenvalue weighted by Gasteiger charge is 2.16. The van der Waals surface area contributed by atoms with E-state index in [-0.39, 0.29) is 23.5 Å². The third kappa shape index (κ3) is 4.14. The van der Waals surface area contributed by atoms with Gasteiger partial charge in [0, 0.05) is 11.5 Å². The number of aliphatic hydroxyl groups is 1. The molecule has 134 valence electrons. The van der Waals surface area contributed by atoms with Crippen molar-refractivity contribution in [3.63, 3.8) is 0 Å². The SMILES string of the molecule is CC(O)OCc1ccc2oc(=O)c(C(=O)Oc3cccc(F)c3)cc2c1. The van der Waals surface area contributed by atoms with E-state index in [4.69, 9.17) is 19.0 Å². The fraction of sp³-hybridized carbons (Fsp3) is 0.158. The van der Waals surface area contributed by atoms with Crippen LogP contribution in [-0.2, 0) is 11.3 Å². The number of carbonyl (C=O) groups excluding carboxylic acids is 1. The topological polar surface area (TPSA) is 86.0 Å². The van der Waals surface area contributed by atoms with Crippen LogP contribution < -0.4 is 10.4 Å². The van der Waals surface area contributed by atoms with Crippen LogP contribution in [0.2, 0.25) is 0 Å². The normalized spacial score (nSPS) is 12.1. The highest BCUT2D eigenvalue weighted by molar-refractivity contribution is 5.94. The number of carbonyl (C=O) groups is 1. The minimum Gasteiger partial charge on any atom is -0.423 e. The van der Waals surface area contributed by atoms with Crippen LogP contribution in [0.25, 0.3) is 11.0 Å². The molecular weight excluding hydrogens is 343 g/mol. The maximum absolute atomic E-state index is 13.2. The van der Waals surface area contributed by atoms with E-state index in [1.165, 1.54) is 31.2 Å². The lowest BCUT2D eigenvalue weighted by Gasteiger charge is -2.08. The first-order valence-corrected chi connectivity index (χ1v) is 7.76. The molecule has 0 saturated heterocycles. The molecule has 3 aromatic rings. The maximum Gasteiger partial charge on any atom is 0.351 e. The molecule has 0 aliphatic rings. The van der Waals surface area contributed by atoms with Crippen molar-refractivity contribution in [2.75, 3.05) is 0 Å². The largest absolute Gasteiger partial charge is 0.423 e. The number of fused-ring (bicyclic) bond motifs is 1. The summed E-state index contributed by atoms with van der Waals surface area (Å²) in [5.41, 5.74) is -0.156. The molecule has 1 unspecified atom stereocenters. The maximum atomic E-state index is 13.2. The third-order valence-electron chi connectivity index (χ3n) is 3.51. The predicted molar refractivity (Wildman–Crippen MR) is 90.3 cm³/mol. The van der Waals surface area contributed by atoms with Gasteiger partial charge in [-0.2, -0.15) is 0 Å². The molecule has 6 nitrogen and oxygen atoms in total. The summed E-state index contributed by atoms with van der Waals surface area (Å²) in [6, 6.07) is 11.3. The highest BCUT2D eigenvalue weighted by atomic mass is 19.1. The Morgan fingerprint density at radius 3 is 2.77 bits per heavy atom. The second kappa shape index (κ2) is 7.47. The van der Waals surface area contributed by atoms with Gasteiger partial charge in [0.2, 0.25) is 0 Å². The van der Waals surface area contributed by atoms with E-state index >= 15 is 0 Å². The Morgan fingerprint density at radius 2 is 2.04 bits per heavy atom.